The van der Waals surface area contributed by atoms with Gasteiger partial charge in [0.25, 0.3) is 0 Å². The van der Waals surface area contributed by atoms with Crippen molar-refractivity contribution in [2.75, 3.05) is 26.4 Å². The predicted octanol–water partition coefficient (Wildman–Crippen LogP) is 2.21. The highest BCUT2D eigenvalue weighted by atomic mass is 16.5. The highest BCUT2D eigenvalue weighted by Crippen LogP contribution is 2.38. The van der Waals surface area contributed by atoms with Gasteiger partial charge < -0.3 is 14.8 Å². The van der Waals surface area contributed by atoms with Gasteiger partial charge >= 0.3 is 0 Å². The van der Waals surface area contributed by atoms with Crippen molar-refractivity contribution in [3.8, 4) is 0 Å². The van der Waals surface area contributed by atoms with Gasteiger partial charge in [-0.05, 0) is 45.1 Å². The van der Waals surface area contributed by atoms with Crippen LogP contribution >= 0.6 is 0 Å². The molecule has 0 aromatic heterocycles. The zero-order valence-corrected chi connectivity index (χ0v) is 11.3. The van der Waals surface area contributed by atoms with Crippen molar-refractivity contribution in [3.05, 3.63) is 0 Å². The minimum atomic E-state index is 0.415. The van der Waals surface area contributed by atoms with E-state index in [1.54, 1.807) is 0 Å². The molecule has 0 radical (unpaired) electrons. The normalized spacial score (nSPS) is 28.2. The molecular weight excluding hydrogens is 214 g/mol. The van der Waals surface area contributed by atoms with E-state index in [9.17, 15) is 0 Å². The van der Waals surface area contributed by atoms with Crippen molar-refractivity contribution in [1.29, 1.82) is 0 Å². The summed E-state index contributed by atoms with van der Waals surface area (Å²) in [5.74, 6) is 1.45. The Bertz CT molecular complexity index is 212. The van der Waals surface area contributed by atoms with Crippen molar-refractivity contribution in [2.45, 2.75) is 51.7 Å². The first-order valence-electron chi connectivity index (χ1n) is 7.29. The maximum atomic E-state index is 6.02. The Kier molecular flexibility index (Phi) is 5.26. The Morgan fingerprint density at radius 2 is 2.06 bits per heavy atom. The quantitative estimate of drug-likeness (QED) is 0.707. The van der Waals surface area contributed by atoms with Crippen molar-refractivity contribution in [1.82, 2.24) is 5.32 Å². The van der Waals surface area contributed by atoms with Gasteiger partial charge in [0.2, 0.25) is 0 Å². The molecule has 1 N–H and O–H groups in total. The number of nitrogens with one attached hydrogen (secondary N) is 1. The molecule has 1 saturated heterocycles. The molecule has 0 amide bonds. The minimum absolute atomic E-state index is 0.415. The second kappa shape index (κ2) is 6.72. The van der Waals surface area contributed by atoms with Gasteiger partial charge in [0, 0.05) is 25.2 Å². The van der Waals surface area contributed by atoms with E-state index in [0.29, 0.717) is 18.1 Å². The SMILES string of the molecule is CCCNC(C1CCOC1)C(OCC)C1CC1. The van der Waals surface area contributed by atoms with Crippen LogP contribution in [-0.2, 0) is 9.47 Å². The topological polar surface area (TPSA) is 30.5 Å². The smallest absolute Gasteiger partial charge is 0.0759 e. The third kappa shape index (κ3) is 3.67. The second-order valence-electron chi connectivity index (χ2n) is 5.36. The first kappa shape index (κ1) is 13.3. The molecule has 0 aromatic carbocycles. The zero-order chi connectivity index (χ0) is 12.1. The standard InChI is InChI=1S/C14H27NO2/c1-3-8-15-13(12-7-9-16-10-12)14(17-4-2)11-5-6-11/h11-15H,3-10H2,1-2H3. The van der Waals surface area contributed by atoms with Crippen LogP contribution in [0.25, 0.3) is 0 Å². The summed E-state index contributed by atoms with van der Waals surface area (Å²) in [5, 5.41) is 3.71. The molecule has 1 heterocycles. The molecule has 3 nitrogen and oxygen atoms in total. The molecule has 0 bridgehead atoms. The lowest BCUT2D eigenvalue weighted by atomic mass is 9.91. The third-order valence-corrected chi connectivity index (χ3v) is 3.90. The van der Waals surface area contributed by atoms with Crippen LogP contribution in [0.3, 0.4) is 0 Å². The van der Waals surface area contributed by atoms with Crippen molar-refractivity contribution < 1.29 is 9.47 Å². The van der Waals surface area contributed by atoms with Crippen LogP contribution in [0.2, 0.25) is 0 Å². The summed E-state index contributed by atoms with van der Waals surface area (Å²) in [6.45, 7) is 8.10. The van der Waals surface area contributed by atoms with Gasteiger partial charge in [-0.2, -0.15) is 0 Å². The zero-order valence-electron chi connectivity index (χ0n) is 11.3. The van der Waals surface area contributed by atoms with Crippen molar-refractivity contribution in [2.24, 2.45) is 11.8 Å². The maximum Gasteiger partial charge on any atom is 0.0759 e. The maximum absolute atomic E-state index is 6.02. The lowest BCUT2D eigenvalue weighted by Crippen LogP contribution is -2.48. The fourth-order valence-corrected chi connectivity index (χ4v) is 2.85. The van der Waals surface area contributed by atoms with Crippen LogP contribution < -0.4 is 5.32 Å². The van der Waals surface area contributed by atoms with Crippen LogP contribution in [0.1, 0.15) is 39.5 Å². The molecule has 2 aliphatic rings. The van der Waals surface area contributed by atoms with E-state index in [-0.39, 0.29) is 0 Å². The van der Waals surface area contributed by atoms with E-state index < -0.39 is 0 Å². The monoisotopic (exact) mass is 241 g/mol. The van der Waals surface area contributed by atoms with Gasteiger partial charge in [-0.1, -0.05) is 6.92 Å². The van der Waals surface area contributed by atoms with Crippen LogP contribution in [0, 0.1) is 11.8 Å². The molecule has 1 saturated carbocycles. The van der Waals surface area contributed by atoms with E-state index in [1.165, 1.54) is 25.7 Å². The first-order valence-corrected chi connectivity index (χ1v) is 7.29. The Morgan fingerprint density at radius 1 is 1.24 bits per heavy atom. The largest absolute Gasteiger partial charge is 0.381 e. The fourth-order valence-electron chi connectivity index (χ4n) is 2.85. The molecule has 0 spiro atoms. The molecule has 0 aromatic rings. The van der Waals surface area contributed by atoms with Crippen LogP contribution in [0.15, 0.2) is 0 Å². The molecule has 1 aliphatic carbocycles. The van der Waals surface area contributed by atoms with Gasteiger partial charge in [0.1, 0.15) is 0 Å². The highest BCUT2D eigenvalue weighted by Gasteiger charge is 2.41. The van der Waals surface area contributed by atoms with Crippen LogP contribution in [0.5, 0.6) is 0 Å². The summed E-state index contributed by atoms with van der Waals surface area (Å²) in [7, 11) is 0. The van der Waals surface area contributed by atoms with Gasteiger partial charge in [-0.25, -0.2) is 0 Å². The molecule has 2 rings (SSSR count). The van der Waals surface area contributed by atoms with Crippen LogP contribution in [0.4, 0.5) is 0 Å². The molecule has 3 atom stereocenters. The summed E-state index contributed by atoms with van der Waals surface area (Å²) in [4.78, 5) is 0. The molecule has 17 heavy (non-hydrogen) atoms. The lowest BCUT2D eigenvalue weighted by molar-refractivity contribution is 0.00134. The van der Waals surface area contributed by atoms with E-state index >= 15 is 0 Å². The van der Waals surface area contributed by atoms with Gasteiger partial charge in [0.15, 0.2) is 0 Å². The van der Waals surface area contributed by atoms with Gasteiger partial charge in [-0.3, -0.25) is 0 Å². The summed E-state index contributed by atoms with van der Waals surface area (Å²) < 4.78 is 11.6. The minimum Gasteiger partial charge on any atom is -0.381 e. The number of hydrogen-bond acceptors (Lipinski definition) is 3. The molecular formula is C14H27NO2. The second-order valence-corrected chi connectivity index (χ2v) is 5.36. The fraction of sp³-hybridized carbons (Fsp3) is 1.00. The van der Waals surface area contributed by atoms with Crippen LogP contribution in [-0.4, -0.2) is 38.5 Å². The first-order chi connectivity index (χ1) is 8.36. The average molecular weight is 241 g/mol. The highest BCUT2D eigenvalue weighted by molar-refractivity contribution is 4.94. The van der Waals surface area contributed by atoms with Gasteiger partial charge in [-0.15, -0.1) is 0 Å². The molecule has 3 heteroatoms. The third-order valence-electron chi connectivity index (χ3n) is 3.90. The van der Waals surface area contributed by atoms with E-state index in [2.05, 4.69) is 19.2 Å². The van der Waals surface area contributed by atoms with Crippen molar-refractivity contribution in [3.63, 3.8) is 0 Å². The summed E-state index contributed by atoms with van der Waals surface area (Å²) in [6, 6.07) is 0.505. The average Bonchev–Trinajstić information content (AvgIpc) is 3.04. The van der Waals surface area contributed by atoms with E-state index in [0.717, 1.165) is 32.3 Å². The summed E-state index contributed by atoms with van der Waals surface area (Å²) >= 11 is 0. The van der Waals surface area contributed by atoms with E-state index in [1.807, 2.05) is 0 Å². The summed E-state index contributed by atoms with van der Waals surface area (Å²) in [6.07, 6.45) is 5.49. The Balaban J connectivity index is 1.94. The molecule has 100 valence electrons. The van der Waals surface area contributed by atoms with Crippen molar-refractivity contribution >= 4 is 0 Å². The Hall–Kier alpha value is -0.120. The number of rotatable bonds is 8. The molecule has 1 aliphatic heterocycles. The molecule has 3 unspecified atom stereocenters. The van der Waals surface area contributed by atoms with E-state index in [4.69, 9.17) is 9.47 Å². The molecule has 2 fully saturated rings. The summed E-state index contributed by atoms with van der Waals surface area (Å²) in [5.41, 5.74) is 0. The Morgan fingerprint density at radius 3 is 2.59 bits per heavy atom. The Labute approximate surface area is 105 Å². The predicted molar refractivity (Wildman–Crippen MR) is 69.1 cm³/mol. The number of ether oxygens (including phenoxy) is 2. The lowest BCUT2D eigenvalue weighted by Gasteiger charge is -2.32. The van der Waals surface area contributed by atoms with Gasteiger partial charge in [0.05, 0.1) is 12.7 Å². The number of hydrogen-bond donors (Lipinski definition) is 1.